The predicted octanol–water partition coefficient (Wildman–Crippen LogP) is 2.64. The van der Waals surface area contributed by atoms with E-state index in [1.165, 1.54) is 0 Å². The number of ketones is 1. The third-order valence-corrected chi connectivity index (χ3v) is 5.45. The van der Waals surface area contributed by atoms with Crippen LogP contribution in [0.25, 0.3) is 0 Å². The second-order valence-corrected chi connectivity index (χ2v) is 7.41. The van der Waals surface area contributed by atoms with Crippen molar-refractivity contribution in [1.29, 1.82) is 0 Å². The van der Waals surface area contributed by atoms with Gasteiger partial charge in [-0.25, -0.2) is 9.28 Å². The van der Waals surface area contributed by atoms with Gasteiger partial charge in [0.15, 0.2) is 6.04 Å². The van der Waals surface area contributed by atoms with Crippen LogP contribution in [0.5, 0.6) is 0 Å². The number of primary amides is 1. The largest absolute Gasteiger partial charge is 0.363 e. The van der Waals surface area contributed by atoms with E-state index in [9.17, 15) is 14.4 Å². The summed E-state index contributed by atoms with van der Waals surface area (Å²) in [6.07, 6.45) is 1.35. The fourth-order valence-electron chi connectivity index (χ4n) is 3.92. The van der Waals surface area contributed by atoms with Crippen LogP contribution >= 0.6 is 11.6 Å². The molecule has 1 fully saturated rings. The quantitative estimate of drug-likeness (QED) is 0.588. The van der Waals surface area contributed by atoms with Gasteiger partial charge < -0.3 is 5.73 Å². The Morgan fingerprint density at radius 2 is 1.78 bits per heavy atom. The summed E-state index contributed by atoms with van der Waals surface area (Å²) in [7, 11) is 0. The number of hydrogen-bond acceptors (Lipinski definition) is 3. The zero-order valence-electron chi connectivity index (χ0n) is 14.9. The molecular weight excluding hydrogens is 364 g/mol. The highest BCUT2D eigenvalue weighted by atomic mass is 35.5. The molecule has 1 saturated heterocycles. The van der Waals surface area contributed by atoms with Crippen LogP contribution in [0.1, 0.15) is 24.0 Å². The van der Waals surface area contributed by atoms with Crippen molar-refractivity contribution in [3.8, 4) is 0 Å². The molecule has 3 rings (SSSR count). The maximum atomic E-state index is 13.0. The molecule has 5 nitrogen and oxygen atoms in total. The topological polar surface area (TPSA) is 77.2 Å². The second-order valence-electron chi connectivity index (χ2n) is 6.98. The molecule has 1 unspecified atom stereocenters. The van der Waals surface area contributed by atoms with Crippen LogP contribution < -0.4 is 5.73 Å². The Kier molecular flexibility index (Phi) is 5.73. The Balaban J connectivity index is 2.04. The number of likely N-dealkylation sites (tertiary alicyclic amines) is 1. The van der Waals surface area contributed by atoms with Gasteiger partial charge in [0.1, 0.15) is 6.54 Å². The van der Waals surface area contributed by atoms with E-state index in [1.807, 2.05) is 42.5 Å². The lowest BCUT2D eigenvalue weighted by molar-refractivity contribution is -0.875. The van der Waals surface area contributed by atoms with Crippen molar-refractivity contribution in [3.63, 3.8) is 0 Å². The summed E-state index contributed by atoms with van der Waals surface area (Å²) in [5, 5.41) is 0.568. The van der Waals surface area contributed by atoms with Gasteiger partial charge >= 0.3 is 5.91 Å². The van der Waals surface area contributed by atoms with Gasteiger partial charge in [0, 0.05) is 23.4 Å². The molecule has 1 aliphatic rings. The number of nitrogens with zero attached hydrogens (tertiary/aromatic N) is 1. The van der Waals surface area contributed by atoms with E-state index in [4.69, 9.17) is 17.3 Å². The molecule has 6 heteroatoms. The number of halogens is 1. The van der Waals surface area contributed by atoms with E-state index in [-0.39, 0.29) is 16.8 Å². The van der Waals surface area contributed by atoms with Crippen molar-refractivity contribution in [1.82, 2.24) is 0 Å². The molecule has 140 valence electrons. The van der Waals surface area contributed by atoms with Crippen molar-refractivity contribution in [2.24, 2.45) is 5.73 Å². The highest BCUT2D eigenvalue weighted by Gasteiger charge is 2.51. The second kappa shape index (κ2) is 8.03. The summed E-state index contributed by atoms with van der Waals surface area (Å²) in [4.78, 5) is 37.5. The van der Waals surface area contributed by atoms with Crippen LogP contribution in [0, 0.1) is 0 Å². The highest BCUT2D eigenvalue weighted by molar-refractivity contribution is 6.37. The lowest BCUT2D eigenvalue weighted by Crippen LogP contribution is -2.61. The molecule has 1 heterocycles. The average molecular weight is 386 g/mol. The number of amides is 2. The smallest absolute Gasteiger partial charge is 0.314 e. The number of hydrogen-bond donors (Lipinski definition) is 1. The van der Waals surface area contributed by atoms with E-state index >= 15 is 0 Å². The maximum absolute atomic E-state index is 13.0. The Hall–Kier alpha value is -2.50. The van der Waals surface area contributed by atoms with Crippen LogP contribution in [0.4, 0.5) is 0 Å². The molecule has 0 spiro atoms. The van der Waals surface area contributed by atoms with Gasteiger partial charge in [-0.2, -0.15) is 0 Å². The van der Waals surface area contributed by atoms with Gasteiger partial charge in [0.05, 0.1) is 13.0 Å². The molecule has 0 aliphatic carbocycles. The number of rotatable bonds is 7. The van der Waals surface area contributed by atoms with E-state index in [0.29, 0.717) is 31.0 Å². The normalized spacial score (nSPS) is 20.4. The van der Waals surface area contributed by atoms with Crippen LogP contribution in [-0.4, -0.2) is 34.7 Å². The van der Waals surface area contributed by atoms with Gasteiger partial charge in [-0.15, -0.1) is 0 Å². The number of nitrogens with two attached hydrogens (primary N) is 1. The molecule has 2 amide bonds. The lowest BCUT2D eigenvalue weighted by Gasteiger charge is -2.38. The molecule has 2 aromatic rings. The van der Waals surface area contributed by atoms with Crippen LogP contribution in [-0.2, 0) is 27.3 Å². The summed E-state index contributed by atoms with van der Waals surface area (Å²) in [5.41, 5.74) is 7.09. The Labute approximate surface area is 163 Å². The maximum Gasteiger partial charge on any atom is 0.314 e. The van der Waals surface area contributed by atoms with Crippen molar-refractivity contribution in [3.05, 3.63) is 70.7 Å². The summed E-state index contributed by atoms with van der Waals surface area (Å²) in [6.45, 7) is 0.817. The van der Waals surface area contributed by atoms with Gasteiger partial charge in [-0.1, -0.05) is 54.1 Å². The molecule has 0 radical (unpaired) electrons. The summed E-state index contributed by atoms with van der Waals surface area (Å²) in [6, 6.07) is 15.8. The third kappa shape index (κ3) is 4.10. The highest BCUT2D eigenvalue weighted by Crippen LogP contribution is 2.31. The Bertz CT molecular complexity index is 869. The van der Waals surface area contributed by atoms with E-state index in [1.54, 1.807) is 12.1 Å². The summed E-state index contributed by atoms with van der Waals surface area (Å²) < 4.78 is -0.0863. The predicted molar refractivity (Wildman–Crippen MR) is 103 cm³/mol. The minimum atomic E-state index is -1.00. The number of carbonyl (C=O) groups excluding carboxylic acids is 3. The standard InChI is InChI=1S/C21H21ClN2O3/c22-17-9-4-8-16(12-17)14-24(11-5-10-19(24)25)18(20(26)21(23)27)13-15-6-2-1-3-7-15/h1-4,6-9,12,18H,5,10-11,13-14H2,(H-,23,27)/p+1/t18-,24?/m1/s1. The third-order valence-electron chi connectivity index (χ3n) is 5.21. The van der Waals surface area contributed by atoms with E-state index in [0.717, 1.165) is 11.1 Å². The fraction of sp³-hybridized carbons (Fsp3) is 0.286. The summed E-state index contributed by atoms with van der Waals surface area (Å²) in [5.74, 6) is -1.74. The minimum Gasteiger partial charge on any atom is -0.363 e. The molecular formula is C21H22ClN2O3+. The molecule has 0 saturated carbocycles. The van der Waals surface area contributed by atoms with Crippen LogP contribution in [0.2, 0.25) is 5.02 Å². The van der Waals surface area contributed by atoms with Gasteiger partial charge in [0.25, 0.3) is 11.7 Å². The average Bonchev–Trinajstić information content (AvgIpc) is 3.01. The Morgan fingerprint density at radius 3 is 2.37 bits per heavy atom. The van der Waals surface area contributed by atoms with Crippen LogP contribution in [0.3, 0.4) is 0 Å². The molecule has 2 atom stereocenters. The first-order valence-electron chi connectivity index (χ1n) is 8.94. The van der Waals surface area contributed by atoms with Crippen molar-refractivity contribution in [2.45, 2.75) is 31.8 Å². The SMILES string of the molecule is NC(=O)C(=O)[C@@H](Cc1ccccc1)[N+]1(Cc2cccc(Cl)c2)CCCC1=O. The number of benzene rings is 2. The van der Waals surface area contributed by atoms with Gasteiger partial charge in [-0.3, -0.25) is 9.59 Å². The molecule has 2 aromatic carbocycles. The lowest BCUT2D eigenvalue weighted by atomic mass is 9.97. The molecule has 0 aromatic heterocycles. The van der Waals surface area contributed by atoms with E-state index in [2.05, 4.69) is 0 Å². The first-order chi connectivity index (χ1) is 12.9. The Morgan fingerprint density at radius 1 is 1.07 bits per heavy atom. The number of carbonyl (C=O) groups is 3. The zero-order valence-corrected chi connectivity index (χ0v) is 15.7. The zero-order chi connectivity index (χ0) is 19.4. The van der Waals surface area contributed by atoms with Gasteiger partial charge in [0.2, 0.25) is 0 Å². The van der Waals surface area contributed by atoms with Crippen molar-refractivity contribution < 1.29 is 18.9 Å². The number of quaternary nitrogens is 1. The van der Waals surface area contributed by atoms with Gasteiger partial charge in [-0.05, 0) is 17.7 Å². The molecule has 27 heavy (non-hydrogen) atoms. The number of Topliss-reactive ketones (excluding diaryl/α,β-unsaturated/α-hetero) is 1. The van der Waals surface area contributed by atoms with Crippen LogP contribution in [0.15, 0.2) is 54.6 Å². The first-order valence-corrected chi connectivity index (χ1v) is 9.32. The minimum absolute atomic E-state index is 0.0366. The summed E-state index contributed by atoms with van der Waals surface area (Å²) >= 11 is 6.10. The van der Waals surface area contributed by atoms with Crippen molar-refractivity contribution >= 4 is 29.2 Å². The van der Waals surface area contributed by atoms with Crippen molar-refractivity contribution in [2.75, 3.05) is 6.54 Å². The fourth-order valence-corrected chi connectivity index (χ4v) is 4.13. The monoisotopic (exact) mass is 385 g/mol. The molecule has 2 N–H and O–H groups in total. The molecule has 0 bridgehead atoms. The molecule has 1 aliphatic heterocycles. The first kappa shape index (κ1) is 19.3. The van der Waals surface area contributed by atoms with E-state index < -0.39 is 17.7 Å².